The fourth-order valence-corrected chi connectivity index (χ4v) is 0.545. The number of nitrogens with zero attached hydrogens (tertiary/aromatic N) is 1. The molecule has 0 aliphatic heterocycles. The number of hydrogen-bond donors (Lipinski definition) is 1. The highest BCUT2D eigenvalue weighted by atomic mass is 127. The van der Waals surface area contributed by atoms with Crippen molar-refractivity contribution >= 4 is 24.0 Å². The number of aliphatic hydroxyl groups is 1. The molecule has 2 nitrogen and oxygen atoms in total. The van der Waals surface area contributed by atoms with Crippen LogP contribution in [0.15, 0.2) is 0 Å². The fourth-order valence-electron chi connectivity index (χ4n) is 0.545. The first kappa shape index (κ1) is 12.3. The summed E-state index contributed by atoms with van der Waals surface area (Å²) in [7, 11) is 6.36. The summed E-state index contributed by atoms with van der Waals surface area (Å²) in [5, 5.41) is 8.42. The van der Waals surface area contributed by atoms with Gasteiger partial charge >= 0.3 is 0 Å². The van der Waals surface area contributed by atoms with Crippen molar-refractivity contribution in [3.05, 3.63) is 0 Å². The molecular weight excluding hydrogens is 229 g/mol. The lowest BCUT2D eigenvalue weighted by Crippen LogP contribution is -2.35. The summed E-state index contributed by atoms with van der Waals surface area (Å²) in [6, 6.07) is 0. The maximum Gasteiger partial charge on any atom is 0.0802 e. The van der Waals surface area contributed by atoms with Gasteiger partial charge in [0, 0.05) is 13.0 Å². The Morgan fingerprint density at radius 1 is 1.22 bits per heavy atom. The normalized spacial score (nSPS) is 10.7. The number of aliphatic hydroxyl groups excluding tert-OH is 1. The lowest BCUT2D eigenvalue weighted by atomic mass is 10.4. The van der Waals surface area contributed by atoms with E-state index in [4.69, 9.17) is 5.11 Å². The molecule has 0 aromatic carbocycles. The second-order valence-corrected chi connectivity index (χ2v) is 3.09. The largest absolute Gasteiger partial charge is 0.396 e. The zero-order valence-corrected chi connectivity index (χ0v) is 8.75. The highest BCUT2D eigenvalue weighted by Gasteiger charge is 2.03. The molecule has 0 unspecified atom stereocenters. The monoisotopic (exact) mass is 246 g/mol. The van der Waals surface area contributed by atoms with Crippen molar-refractivity contribution < 1.29 is 9.59 Å². The van der Waals surface area contributed by atoms with Gasteiger partial charge in [-0.05, 0) is 0 Å². The Morgan fingerprint density at radius 2 is 1.67 bits per heavy atom. The zero-order chi connectivity index (χ0) is 6.62. The Bertz CT molecular complexity index is 60.6. The van der Waals surface area contributed by atoms with Gasteiger partial charge in [0.25, 0.3) is 0 Å². The van der Waals surface area contributed by atoms with Crippen molar-refractivity contribution in [2.75, 3.05) is 34.3 Å². The third-order valence-corrected chi connectivity index (χ3v) is 0.987. The molecule has 0 amide bonds. The Balaban J connectivity index is 0. The summed E-state index contributed by atoms with van der Waals surface area (Å²) in [6.45, 7) is 1.37. The van der Waals surface area contributed by atoms with E-state index in [1.54, 1.807) is 0 Å². The standard InChI is InChI=1S/C6H16NO.HI/c1-7(2,3)5-4-6-8;/h8H,4-6H2,1-3H3;1H/q+1;. The summed E-state index contributed by atoms with van der Waals surface area (Å²) >= 11 is 0. The molecule has 1 N–H and O–H groups in total. The van der Waals surface area contributed by atoms with E-state index in [9.17, 15) is 0 Å². The Morgan fingerprint density at radius 3 is 1.78 bits per heavy atom. The van der Waals surface area contributed by atoms with Gasteiger partial charge in [0.2, 0.25) is 0 Å². The number of rotatable bonds is 3. The molecule has 9 heavy (non-hydrogen) atoms. The molecule has 0 rings (SSSR count). The number of hydrogen-bond acceptors (Lipinski definition) is 1. The first-order valence-electron chi connectivity index (χ1n) is 2.97. The second-order valence-electron chi connectivity index (χ2n) is 3.09. The second kappa shape index (κ2) is 5.44. The van der Waals surface area contributed by atoms with Crippen LogP contribution in [-0.2, 0) is 0 Å². The smallest absolute Gasteiger partial charge is 0.0802 e. The summed E-state index contributed by atoms with van der Waals surface area (Å²) in [6.07, 6.45) is 0.906. The van der Waals surface area contributed by atoms with Crippen LogP contribution in [0.5, 0.6) is 0 Å². The average Bonchev–Trinajstić information content (AvgIpc) is 1.59. The van der Waals surface area contributed by atoms with Crippen LogP contribution in [0.4, 0.5) is 0 Å². The van der Waals surface area contributed by atoms with Crippen molar-refractivity contribution in [2.24, 2.45) is 0 Å². The SMILES string of the molecule is C[N+](C)(C)CCCO.I. The van der Waals surface area contributed by atoms with Crippen molar-refractivity contribution in [3.8, 4) is 0 Å². The molecule has 0 fully saturated rings. The van der Waals surface area contributed by atoms with Gasteiger partial charge in [-0.25, -0.2) is 0 Å². The predicted molar refractivity (Wildman–Crippen MR) is 50.0 cm³/mol. The average molecular weight is 246 g/mol. The third kappa shape index (κ3) is 12.0. The van der Waals surface area contributed by atoms with E-state index in [-0.39, 0.29) is 24.0 Å². The topological polar surface area (TPSA) is 20.2 Å². The maximum atomic E-state index is 8.42. The van der Waals surface area contributed by atoms with Gasteiger partial charge in [-0.1, -0.05) is 0 Å². The molecule has 0 spiro atoms. The minimum absolute atomic E-state index is 0. The van der Waals surface area contributed by atoms with Gasteiger partial charge in [-0.2, -0.15) is 0 Å². The van der Waals surface area contributed by atoms with E-state index < -0.39 is 0 Å². The first-order chi connectivity index (χ1) is 3.56. The van der Waals surface area contributed by atoms with E-state index in [0.29, 0.717) is 6.61 Å². The van der Waals surface area contributed by atoms with Crippen molar-refractivity contribution in [1.29, 1.82) is 0 Å². The Hall–Kier alpha value is 0.650. The van der Waals surface area contributed by atoms with Gasteiger partial charge in [0.05, 0.1) is 27.7 Å². The van der Waals surface area contributed by atoms with Gasteiger partial charge in [-0.15, -0.1) is 24.0 Å². The lowest BCUT2D eigenvalue weighted by Gasteiger charge is -2.22. The summed E-state index contributed by atoms with van der Waals surface area (Å²) < 4.78 is 0.945. The Kier molecular flexibility index (Phi) is 7.45. The quantitative estimate of drug-likeness (QED) is 0.574. The zero-order valence-electron chi connectivity index (χ0n) is 6.42. The van der Waals surface area contributed by atoms with E-state index in [1.165, 1.54) is 0 Å². The van der Waals surface area contributed by atoms with Crippen LogP contribution >= 0.6 is 24.0 Å². The minimum atomic E-state index is 0. The molecule has 0 atom stereocenters. The van der Waals surface area contributed by atoms with Gasteiger partial charge in [0.15, 0.2) is 0 Å². The molecule has 0 bridgehead atoms. The minimum Gasteiger partial charge on any atom is -0.396 e. The van der Waals surface area contributed by atoms with Crippen LogP contribution in [0.25, 0.3) is 0 Å². The molecule has 58 valence electrons. The first-order valence-corrected chi connectivity index (χ1v) is 2.97. The summed E-state index contributed by atoms with van der Waals surface area (Å²) in [5.41, 5.74) is 0. The van der Waals surface area contributed by atoms with E-state index in [2.05, 4.69) is 21.1 Å². The van der Waals surface area contributed by atoms with E-state index >= 15 is 0 Å². The molecule has 0 saturated heterocycles. The summed E-state index contributed by atoms with van der Waals surface area (Å²) in [5.74, 6) is 0. The van der Waals surface area contributed by atoms with Crippen LogP contribution in [0.1, 0.15) is 6.42 Å². The van der Waals surface area contributed by atoms with Crippen LogP contribution in [0.3, 0.4) is 0 Å². The molecule has 0 aromatic rings. The number of quaternary nitrogens is 1. The van der Waals surface area contributed by atoms with Crippen molar-refractivity contribution in [1.82, 2.24) is 0 Å². The molecule has 0 aliphatic carbocycles. The number of halogens is 1. The fraction of sp³-hybridized carbons (Fsp3) is 1.00. The molecule has 0 radical (unpaired) electrons. The molecule has 0 aliphatic rings. The molecule has 0 aromatic heterocycles. The summed E-state index contributed by atoms with van der Waals surface area (Å²) in [4.78, 5) is 0. The van der Waals surface area contributed by atoms with Gasteiger partial charge in [0.1, 0.15) is 0 Å². The molecule has 3 heteroatoms. The van der Waals surface area contributed by atoms with Gasteiger partial charge in [-0.3, -0.25) is 0 Å². The maximum absolute atomic E-state index is 8.42. The highest BCUT2D eigenvalue weighted by Crippen LogP contribution is 1.90. The van der Waals surface area contributed by atoms with Crippen LogP contribution in [-0.4, -0.2) is 43.9 Å². The third-order valence-electron chi connectivity index (χ3n) is 0.987. The Labute approximate surface area is 74.5 Å². The van der Waals surface area contributed by atoms with E-state index in [1.807, 2.05) is 0 Å². The predicted octanol–water partition coefficient (Wildman–Crippen LogP) is 0.693. The van der Waals surface area contributed by atoms with Crippen molar-refractivity contribution in [2.45, 2.75) is 6.42 Å². The molecular formula is C6H17INO+. The van der Waals surface area contributed by atoms with Gasteiger partial charge < -0.3 is 9.59 Å². The molecule has 0 heterocycles. The van der Waals surface area contributed by atoms with E-state index in [0.717, 1.165) is 17.4 Å². The lowest BCUT2D eigenvalue weighted by molar-refractivity contribution is -0.870. The van der Waals surface area contributed by atoms with Crippen molar-refractivity contribution in [3.63, 3.8) is 0 Å². The van der Waals surface area contributed by atoms with Crippen LogP contribution in [0.2, 0.25) is 0 Å². The van der Waals surface area contributed by atoms with Crippen LogP contribution < -0.4 is 0 Å². The molecule has 0 saturated carbocycles. The van der Waals surface area contributed by atoms with Crippen LogP contribution in [0, 0.1) is 0 Å². The highest BCUT2D eigenvalue weighted by molar-refractivity contribution is 14.0.